The first-order valence-corrected chi connectivity index (χ1v) is 7.85. The first-order chi connectivity index (χ1) is 10.6. The molecular weight excluding hydrogens is 280 g/mol. The third kappa shape index (κ3) is 4.48. The molecule has 0 aromatic heterocycles. The molecule has 1 aromatic rings. The van der Waals surface area contributed by atoms with Crippen LogP contribution in [0.15, 0.2) is 24.3 Å². The summed E-state index contributed by atoms with van der Waals surface area (Å²) in [6.45, 7) is 5.81. The fourth-order valence-electron chi connectivity index (χ4n) is 2.73. The molecule has 0 aliphatic carbocycles. The van der Waals surface area contributed by atoms with Crippen molar-refractivity contribution < 1.29 is 14.3 Å². The Hall–Kier alpha value is -2.04. The Balaban J connectivity index is 1.85. The zero-order valence-electron chi connectivity index (χ0n) is 13.3. The molecule has 1 unspecified atom stereocenters. The van der Waals surface area contributed by atoms with Gasteiger partial charge in [-0.15, -0.1) is 0 Å². The van der Waals surface area contributed by atoms with Crippen molar-refractivity contribution in [2.75, 3.05) is 19.7 Å². The summed E-state index contributed by atoms with van der Waals surface area (Å²) >= 11 is 0. The van der Waals surface area contributed by atoms with Crippen LogP contribution in [0.25, 0.3) is 0 Å². The summed E-state index contributed by atoms with van der Waals surface area (Å²) in [7, 11) is 0. The number of ether oxygens (including phenoxy) is 1. The Labute approximate surface area is 131 Å². The first kappa shape index (κ1) is 16.3. The number of amides is 2. The van der Waals surface area contributed by atoms with Crippen molar-refractivity contribution in [3.8, 4) is 0 Å². The van der Waals surface area contributed by atoms with E-state index < -0.39 is 0 Å². The fourth-order valence-corrected chi connectivity index (χ4v) is 2.73. The van der Waals surface area contributed by atoms with Gasteiger partial charge in [0.05, 0.1) is 12.5 Å². The van der Waals surface area contributed by atoms with Crippen LogP contribution in [0, 0.1) is 12.8 Å². The van der Waals surface area contributed by atoms with Crippen molar-refractivity contribution in [3.05, 3.63) is 35.4 Å². The van der Waals surface area contributed by atoms with Gasteiger partial charge in [0, 0.05) is 19.6 Å². The van der Waals surface area contributed by atoms with Gasteiger partial charge in [0.15, 0.2) is 0 Å². The number of carbonyl (C=O) groups excluding carboxylic acids is 2. The number of carbonyl (C=O) groups is 2. The molecule has 1 saturated heterocycles. The number of likely N-dealkylation sites (tertiary alicyclic amines) is 1. The molecule has 0 spiro atoms. The highest BCUT2D eigenvalue weighted by Gasteiger charge is 2.28. The van der Waals surface area contributed by atoms with Crippen molar-refractivity contribution in [2.24, 2.45) is 5.92 Å². The van der Waals surface area contributed by atoms with Crippen LogP contribution in [0.1, 0.15) is 30.9 Å². The van der Waals surface area contributed by atoms with E-state index in [0.29, 0.717) is 26.2 Å². The third-order valence-corrected chi connectivity index (χ3v) is 3.87. The molecule has 2 amide bonds. The predicted octanol–water partition coefficient (Wildman–Crippen LogP) is 2.48. The number of hydrogen-bond donors (Lipinski definition) is 1. The number of nitrogens with zero attached hydrogens (tertiary/aromatic N) is 1. The number of nitrogens with one attached hydrogen (secondary N) is 1. The van der Waals surface area contributed by atoms with Crippen LogP contribution < -0.4 is 5.32 Å². The van der Waals surface area contributed by atoms with E-state index in [1.165, 1.54) is 5.56 Å². The third-order valence-electron chi connectivity index (χ3n) is 3.87. The maximum atomic E-state index is 12.3. The van der Waals surface area contributed by atoms with E-state index in [2.05, 4.69) is 11.4 Å². The van der Waals surface area contributed by atoms with Gasteiger partial charge in [0.25, 0.3) is 0 Å². The number of rotatable bonds is 4. The average molecular weight is 304 g/mol. The molecule has 1 heterocycles. The van der Waals surface area contributed by atoms with Crippen LogP contribution in [0.4, 0.5) is 4.79 Å². The summed E-state index contributed by atoms with van der Waals surface area (Å²) < 4.78 is 5.01. The molecule has 22 heavy (non-hydrogen) atoms. The Morgan fingerprint density at radius 1 is 1.41 bits per heavy atom. The summed E-state index contributed by atoms with van der Waals surface area (Å²) in [6, 6.07) is 8.08. The SMILES string of the molecule is CCOC(=O)N1CCCC(C(=O)NCc2cccc(C)c2)C1. The van der Waals surface area contributed by atoms with Crippen LogP contribution >= 0.6 is 0 Å². The minimum Gasteiger partial charge on any atom is -0.450 e. The van der Waals surface area contributed by atoms with Gasteiger partial charge in [-0.25, -0.2) is 4.79 Å². The normalized spacial score (nSPS) is 17.9. The van der Waals surface area contributed by atoms with Gasteiger partial charge in [-0.05, 0) is 32.3 Å². The Bertz CT molecular complexity index is 530. The highest BCUT2D eigenvalue weighted by atomic mass is 16.6. The zero-order chi connectivity index (χ0) is 15.9. The Morgan fingerprint density at radius 3 is 2.95 bits per heavy atom. The van der Waals surface area contributed by atoms with E-state index in [4.69, 9.17) is 4.74 Å². The van der Waals surface area contributed by atoms with Gasteiger partial charge >= 0.3 is 6.09 Å². The second-order valence-electron chi connectivity index (χ2n) is 5.69. The molecule has 2 rings (SSSR count). The summed E-state index contributed by atoms with van der Waals surface area (Å²) in [6.07, 6.45) is 1.33. The second-order valence-corrected chi connectivity index (χ2v) is 5.69. The average Bonchev–Trinajstić information content (AvgIpc) is 2.53. The van der Waals surface area contributed by atoms with Crippen LogP contribution in [0.3, 0.4) is 0 Å². The summed E-state index contributed by atoms with van der Waals surface area (Å²) in [5.41, 5.74) is 2.27. The monoisotopic (exact) mass is 304 g/mol. The predicted molar refractivity (Wildman–Crippen MR) is 84.3 cm³/mol. The second kappa shape index (κ2) is 7.82. The van der Waals surface area contributed by atoms with Gasteiger partial charge in [-0.1, -0.05) is 29.8 Å². The van der Waals surface area contributed by atoms with Crippen LogP contribution in [0.5, 0.6) is 0 Å². The molecule has 5 nitrogen and oxygen atoms in total. The smallest absolute Gasteiger partial charge is 0.409 e. The first-order valence-electron chi connectivity index (χ1n) is 7.85. The van der Waals surface area contributed by atoms with E-state index in [1.54, 1.807) is 11.8 Å². The molecule has 5 heteroatoms. The van der Waals surface area contributed by atoms with Gasteiger partial charge in [0.1, 0.15) is 0 Å². The van der Waals surface area contributed by atoms with E-state index in [9.17, 15) is 9.59 Å². The van der Waals surface area contributed by atoms with E-state index in [1.807, 2.05) is 25.1 Å². The molecule has 1 fully saturated rings. The fraction of sp³-hybridized carbons (Fsp3) is 0.529. The minimum absolute atomic E-state index is 0.00973. The molecule has 0 radical (unpaired) electrons. The van der Waals surface area contributed by atoms with Gasteiger partial charge in [0.2, 0.25) is 5.91 Å². The molecule has 0 bridgehead atoms. The Kier molecular flexibility index (Phi) is 5.81. The maximum absolute atomic E-state index is 12.3. The number of piperidine rings is 1. The van der Waals surface area contributed by atoms with E-state index >= 15 is 0 Å². The van der Waals surface area contributed by atoms with Crippen molar-refractivity contribution in [1.29, 1.82) is 0 Å². The van der Waals surface area contributed by atoms with Gasteiger partial charge in [-0.3, -0.25) is 4.79 Å². The zero-order valence-corrected chi connectivity index (χ0v) is 13.3. The maximum Gasteiger partial charge on any atom is 0.409 e. The number of benzene rings is 1. The molecule has 0 saturated carbocycles. The van der Waals surface area contributed by atoms with Crippen LogP contribution in [0.2, 0.25) is 0 Å². The van der Waals surface area contributed by atoms with E-state index in [0.717, 1.165) is 18.4 Å². The molecule has 1 N–H and O–H groups in total. The highest BCUT2D eigenvalue weighted by molar-refractivity contribution is 5.80. The lowest BCUT2D eigenvalue weighted by Gasteiger charge is -2.31. The van der Waals surface area contributed by atoms with Crippen molar-refractivity contribution in [2.45, 2.75) is 33.2 Å². The van der Waals surface area contributed by atoms with Crippen molar-refractivity contribution in [1.82, 2.24) is 10.2 Å². The van der Waals surface area contributed by atoms with Crippen molar-refractivity contribution >= 4 is 12.0 Å². The van der Waals surface area contributed by atoms with E-state index in [-0.39, 0.29) is 17.9 Å². The largest absolute Gasteiger partial charge is 0.450 e. The van der Waals surface area contributed by atoms with Crippen LogP contribution in [-0.4, -0.2) is 36.6 Å². The highest BCUT2D eigenvalue weighted by Crippen LogP contribution is 2.17. The summed E-state index contributed by atoms with van der Waals surface area (Å²) in [5.74, 6) is -0.140. The van der Waals surface area contributed by atoms with Crippen LogP contribution in [-0.2, 0) is 16.1 Å². The molecular formula is C17H24N2O3. The molecule has 1 aliphatic heterocycles. The quantitative estimate of drug-likeness (QED) is 0.929. The van der Waals surface area contributed by atoms with Gasteiger partial charge < -0.3 is 15.0 Å². The van der Waals surface area contributed by atoms with Gasteiger partial charge in [-0.2, -0.15) is 0 Å². The minimum atomic E-state index is -0.321. The molecule has 1 aliphatic rings. The van der Waals surface area contributed by atoms with Crippen molar-refractivity contribution in [3.63, 3.8) is 0 Å². The number of hydrogen-bond acceptors (Lipinski definition) is 3. The summed E-state index contributed by atoms with van der Waals surface area (Å²) in [4.78, 5) is 25.7. The topological polar surface area (TPSA) is 58.6 Å². The standard InChI is InChI=1S/C17H24N2O3/c1-3-22-17(21)19-9-5-8-15(12-19)16(20)18-11-14-7-4-6-13(2)10-14/h4,6-7,10,15H,3,5,8-9,11-12H2,1-2H3,(H,18,20). The number of aryl methyl sites for hydroxylation is 1. The molecule has 1 aromatic carbocycles. The summed E-state index contributed by atoms with van der Waals surface area (Å²) in [5, 5.41) is 2.97. The Morgan fingerprint density at radius 2 is 2.23 bits per heavy atom. The molecule has 120 valence electrons. The molecule has 1 atom stereocenters. The lowest BCUT2D eigenvalue weighted by atomic mass is 9.97. The lowest BCUT2D eigenvalue weighted by Crippen LogP contribution is -2.45. The lowest BCUT2D eigenvalue weighted by molar-refractivity contribution is -0.126.